The molecule has 1 aromatic carbocycles. The molecule has 1 saturated carbocycles. The lowest BCUT2D eigenvalue weighted by Crippen LogP contribution is -2.29. The molecule has 0 amide bonds. The summed E-state index contributed by atoms with van der Waals surface area (Å²) in [7, 11) is 0. The molecule has 1 aliphatic rings. The van der Waals surface area contributed by atoms with E-state index in [1.54, 1.807) is 6.20 Å². The minimum absolute atomic E-state index is 0.180. The van der Waals surface area contributed by atoms with Crippen molar-refractivity contribution in [1.82, 2.24) is 9.97 Å². The summed E-state index contributed by atoms with van der Waals surface area (Å²) in [5.41, 5.74) is 7.38. The van der Waals surface area contributed by atoms with Gasteiger partial charge >= 0.3 is 0 Å². The predicted octanol–water partition coefficient (Wildman–Crippen LogP) is 2.17. The van der Waals surface area contributed by atoms with E-state index in [1.165, 1.54) is 0 Å². The van der Waals surface area contributed by atoms with E-state index < -0.39 is 0 Å². The number of benzene rings is 1. The molecule has 5 nitrogen and oxygen atoms in total. The standard InChI is InChI=1S/C18H20N4O/c19-18-20-12-14(7-6-13-4-2-1-3-5-13)17(22-18)21-15-8-10-16(23)11-9-15/h1-5,12,15-16,23H,8-11H2,(H3,19,20,21,22)/t15-,16-. The van der Waals surface area contributed by atoms with Crippen molar-refractivity contribution in [2.24, 2.45) is 0 Å². The molecule has 0 unspecified atom stereocenters. The highest BCUT2D eigenvalue weighted by atomic mass is 16.3. The predicted molar refractivity (Wildman–Crippen MR) is 90.8 cm³/mol. The fraction of sp³-hybridized carbons (Fsp3) is 0.333. The molecule has 0 saturated heterocycles. The molecule has 0 atom stereocenters. The first kappa shape index (κ1) is 15.3. The first-order chi connectivity index (χ1) is 11.2. The van der Waals surface area contributed by atoms with Gasteiger partial charge in [0.15, 0.2) is 0 Å². The molecule has 118 valence electrons. The minimum Gasteiger partial charge on any atom is -0.393 e. The maximum Gasteiger partial charge on any atom is 0.222 e. The SMILES string of the molecule is Nc1ncc(C#Cc2ccccc2)c(N[C@H]2CC[C@H](O)CC2)n1. The molecular formula is C18H20N4O. The number of hydrogen-bond acceptors (Lipinski definition) is 5. The maximum absolute atomic E-state index is 9.61. The van der Waals surface area contributed by atoms with Crippen LogP contribution < -0.4 is 11.1 Å². The summed E-state index contributed by atoms with van der Waals surface area (Å²) >= 11 is 0. The Morgan fingerprint density at radius 1 is 1.09 bits per heavy atom. The first-order valence-corrected chi connectivity index (χ1v) is 7.85. The van der Waals surface area contributed by atoms with Gasteiger partial charge in [0.1, 0.15) is 5.82 Å². The van der Waals surface area contributed by atoms with Gasteiger partial charge in [-0.1, -0.05) is 30.0 Å². The number of aliphatic hydroxyl groups is 1. The fourth-order valence-corrected chi connectivity index (χ4v) is 2.67. The van der Waals surface area contributed by atoms with Crippen LogP contribution in [0.3, 0.4) is 0 Å². The molecule has 1 aliphatic carbocycles. The van der Waals surface area contributed by atoms with Gasteiger partial charge < -0.3 is 16.2 Å². The van der Waals surface area contributed by atoms with Crippen molar-refractivity contribution in [1.29, 1.82) is 0 Å². The summed E-state index contributed by atoms with van der Waals surface area (Å²) in [6, 6.07) is 10.1. The van der Waals surface area contributed by atoms with Gasteiger partial charge in [-0.25, -0.2) is 4.98 Å². The van der Waals surface area contributed by atoms with Crippen LogP contribution in [0, 0.1) is 11.8 Å². The van der Waals surface area contributed by atoms with Crippen LogP contribution in [0.5, 0.6) is 0 Å². The van der Waals surface area contributed by atoms with Crippen molar-refractivity contribution >= 4 is 11.8 Å². The molecular weight excluding hydrogens is 288 g/mol. The third kappa shape index (κ3) is 4.21. The second-order valence-corrected chi connectivity index (χ2v) is 5.76. The van der Waals surface area contributed by atoms with Crippen molar-refractivity contribution in [2.75, 3.05) is 11.1 Å². The number of nitrogens with zero attached hydrogens (tertiary/aromatic N) is 2. The number of nitrogens with two attached hydrogens (primary N) is 1. The molecule has 23 heavy (non-hydrogen) atoms. The number of anilines is 2. The Morgan fingerprint density at radius 2 is 1.83 bits per heavy atom. The topological polar surface area (TPSA) is 84.1 Å². The Bertz CT molecular complexity index is 713. The molecule has 0 radical (unpaired) electrons. The minimum atomic E-state index is -0.180. The number of aliphatic hydroxyl groups excluding tert-OH is 1. The van der Waals surface area contributed by atoms with Gasteiger partial charge in [-0.15, -0.1) is 0 Å². The van der Waals surface area contributed by atoms with Gasteiger partial charge in [-0.05, 0) is 37.8 Å². The van der Waals surface area contributed by atoms with Crippen LogP contribution in [0.2, 0.25) is 0 Å². The number of rotatable bonds is 2. The number of aromatic nitrogens is 2. The van der Waals surface area contributed by atoms with E-state index in [2.05, 4.69) is 27.1 Å². The van der Waals surface area contributed by atoms with Crippen LogP contribution in [0.15, 0.2) is 36.5 Å². The van der Waals surface area contributed by atoms with Gasteiger partial charge in [-0.3, -0.25) is 0 Å². The highest BCUT2D eigenvalue weighted by molar-refractivity contribution is 5.57. The molecule has 0 spiro atoms. The Hall–Kier alpha value is -2.58. The summed E-state index contributed by atoms with van der Waals surface area (Å²) in [6.45, 7) is 0. The van der Waals surface area contributed by atoms with Gasteiger partial charge in [0.2, 0.25) is 5.95 Å². The van der Waals surface area contributed by atoms with Crippen molar-refractivity contribution in [2.45, 2.75) is 37.8 Å². The highest BCUT2D eigenvalue weighted by Crippen LogP contribution is 2.23. The molecule has 5 heteroatoms. The lowest BCUT2D eigenvalue weighted by Gasteiger charge is -2.26. The van der Waals surface area contributed by atoms with Gasteiger partial charge in [0.05, 0.1) is 17.9 Å². The monoisotopic (exact) mass is 308 g/mol. The number of hydrogen-bond donors (Lipinski definition) is 3. The second-order valence-electron chi connectivity index (χ2n) is 5.76. The van der Waals surface area contributed by atoms with E-state index in [1.807, 2.05) is 30.3 Å². The number of nitrogen functional groups attached to an aromatic ring is 1. The zero-order valence-electron chi connectivity index (χ0n) is 12.9. The molecule has 1 aromatic heterocycles. The average molecular weight is 308 g/mol. The third-order valence-corrected chi connectivity index (χ3v) is 3.96. The van der Waals surface area contributed by atoms with E-state index >= 15 is 0 Å². The highest BCUT2D eigenvalue weighted by Gasteiger charge is 2.20. The number of nitrogens with one attached hydrogen (secondary N) is 1. The molecule has 0 aliphatic heterocycles. The maximum atomic E-state index is 9.61. The molecule has 3 rings (SSSR count). The van der Waals surface area contributed by atoms with Crippen LogP contribution in [-0.2, 0) is 0 Å². The van der Waals surface area contributed by atoms with Crippen LogP contribution in [-0.4, -0.2) is 27.2 Å². The van der Waals surface area contributed by atoms with E-state index in [-0.39, 0.29) is 18.1 Å². The van der Waals surface area contributed by atoms with Crippen LogP contribution in [0.1, 0.15) is 36.8 Å². The Morgan fingerprint density at radius 3 is 2.57 bits per heavy atom. The van der Waals surface area contributed by atoms with E-state index in [4.69, 9.17) is 5.73 Å². The first-order valence-electron chi connectivity index (χ1n) is 7.85. The van der Waals surface area contributed by atoms with E-state index in [0.717, 1.165) is 36.8 Å². The fourth-order valence-electron chi connectivity index (χ4n) is 2.67. The van der Waals surface area contributed by atoms with E-state index in [9.17, 15) is 5.11 Å². The van der Waals surface area contributed by atoms with Crippen molar-refractivity contribution in [3.05, 3.63) is 47.7 Å². The van der Waals surface area contributed by atoms with Crippen LogP contribution in [0.4, 0.5) is 11.8 Å². The molecule has 2 aromatic rings. The van der Waals surface area contributed by atoms with Gasteiger partial charge in [0.25, 0.3) is 0 Å². The lowest BCUT2D eigenvalue weighted by molar-refractivity contribution is 0.126. The smallest absolute Gasteiger partial charge is 0.222 e. The van der Waals surface area contributed by atoms with Crippen molar-refractivity contribution < 1.29 is 5.11 Å². The normalized spacial score (nSPS) is 20.4. The van der Waals surface area contributed by atoms with E-state index in [0.29, 0.717) is 5.82 Å². The molecule has 1 heterocycles. The summed E-state index contributed by atoms with van der Waals surface area (Å²) in [6.07, 6.45) is 4.92. The quantitative estimate of drug-likeness (QED) is 0.741. The summed E-state index contributed by atoms with van der Waals surface area (Å²) in [5, 5.41) is 13.0. The average Bonchev–Trinajstić information content (AvgIpc) is 2.57. The van der Waals surface area contributed by atoms with Gasteiger partial charge in [-0.2, -0.15) is 4.98 Å². The Balaban J connectivity index is 1.79. The largest absolute Gasteiger partial charge is 0.393 e. The zero-order valence-corrected chi connectivity index (χ0v) is 12.9. The van der Waals surface area contributed by atoms with Crippen molar-refractivity contribution in [3.63, 3.8) is 0 Å². The lowest BCUT2D eigenvalue weighted by atomic mass is 9.93. The van der Waals surface area contributed by atoms with Crippen LogP contribution >= 0.6 is 0 Å². The second kappa shape index (κ2) is 7.12. The molecule has 1 fully saturated rings. The van der Waals surface area contributed by atoms with Crippen molar-refractivity contribution in [3.8, 4) is 11.8 Å². The Kier molecular flexibility index (Phi) is 4.74. The van der Waals surface area contributed by atoms with Gasteiger partial charge in [0, 0.05) is 11.6 Å². The molecule has 4 N–H and O–H groups in total. The third-order valence-electron chi connectivity index (χ3n) is 3.96. The summed E-state index contributed by atoms with van der Waals surface area (Å²) in [4.78, 5) is 8.33. The summed E-state index contributed by atoms with van der Waals surface area (Å²) in [5.74, 6) is 7.13. The zero-order chi connectivity index (χ0) is 16.1. The molecule has 0 bridgehead atoms. The van der Waals surface area contributed by atoms with Crippen LogP contribution in [0.25, 0.3) is 0 Å². The Labute approximate surface area is 136 Å². The summed E-state index contributed by atoms with van der Waals surface area (Å²) < 4.78 is 0.